The predicted molar refractivity (Wildman–Crippen MR) is 86.9 cm³/mol. The molecule has 1 aliphatic rings. The van der Waals surface area contributed by atoms with E-state index < -0.39 is 0 Å². The average molecular weight is 311 g/mol. The number of para-hydroxylation sites is 1. The number of allylic oxidation sites excluding steroid dienone is 2. The van der Waals surface area contributed by atoms with Crippen LogP contribution in [0.3, 0.4) is 0 Å². The summed E-state index contributed by atoms with van der Waals surface area (Å²) in [5.74, 6) is -0.268. The van der Waals surface area contributed by atoms with Crippen molar-refractivity contribution in [1.29, 1.82) is 0 Å². The van der Waals surface area contributed by atoms with Crippen LogP contribution in [0.1, 0.15) is 34.7 Å². The topological polar surface area (TPSA) is 75.4 Å². The fraction of sp³-hybridized carbons (Fsp3) is 0.235. The Hall–Kier alpha value is -2.89. The van der Waals surface area contributed by atoms with Crippen molar-refractivity contribution in [2.24, 2.45) is 0 Å². The summed E-state index contributed by atoms with van der Waals surface area (Å²) in [4.78, 5) is 26.9. The number of aromatic nitrogens is 1. The van der Waals surface area contributed by atoms with Crippen LogP contribution in [-0.2, 0) is 0 Å². The van der Waals surface area contributed by atoms with Crippen LogP contribution in [0.5, 0.6) is 0 Å². The molecule has 0 spiro atoms. The molecule has 1 N–H and O–H groups in total. The molecule has 0 aliphatic heterocycles. The Bertz CT molecular complexity index is 774. The first kappa shape index (κ1) is 15.0. The summed E-state index contributed by atoms with van der Waals surface area (Å²) in [5.41, 5.74) is 1.28. The van der Waals surface area contributed by atoms with Crippen LogP contribution in [0.2, 0.25) is 0 Å². The van der Waals surface area contributed by atoms with Gasteiger partial charge in [-0.25, -0.2) is 0 Å². The monoisotopic (exact) mass is 311 g/mol. The van der Waals surface area contributed by atoms with E-state index in [0.29, 0.717) is 19.0 Å². The molecule has 0 radical (unpaired) electrons. The summed E-state index contributed by atoms with van der Waals surface area (Å²) in [7, 11) is 0. The van der Waals surface area contributed by atoms with Gasteiger partial charge in [0.15, 0.2) is 5.69 Å². The van der Waals surface area contributed by atoms with E-state index in [1.165, 1.54) is 6.08 Å². The molecule has 1 heterocycles. The number of benzene rings is 1. The highest BCUT2D eigenvalue weighted by Gasteiger charge is 2.34. The number of nitrogens with one attached hydrogen (secondary N) is 1. The zero-order valence-electron chi connectivity index (χ0n) is 13.0. The highest BCUT2D eigenvalue weighted by Crippen LogP contribution is 2.30. The van der Waals surface area contributed by atoms with Crippen molar-refractivity contribution < 1.29 is 14.1 Å². The number of fused-ring (bicyclic) bond motifs is 1. The van der Waals surface area contributed by atoms with Gasteiger partial charge in [0.05, 0.1) is 5.70 Å². The second kappa shape index (κ2) is 6.08. The van der Waals surface area contributed by atoms with Gasteiger partial charge >= 0.3 is 0 Å². The number of carbonyl (C=O) groups is 2. The standard InChI is InChI=1S/C17H17N3O3/c1-3-20(4-2)17-14-15(19-23-17)13(21)10-12(16(14)22)18-11-8-6-5-7-9-11/h5-10,18H,3-4H2,1-2H3. The summed E-state index contributed by atoms with van der Waals surface area (Å²) in [6.45, 7) is 5.22. The van der Waals surface area contributed by atoms with Crippen molar-refractivity contribution in [3.8, 4) is 0 Å². The third-order valence-electron chi connectivity index (χ3n) is 3.76. The maximum absolute atomic E-state index is 12.8. The number of Topliss-reactive ketones (excluding diaryl/α,β-unsaturated/α-hetero) is 1. The van der Waals surface area contributed by atoms with Crippen molar-refractivity contribution in [1.82, 2.24) is 5.16 Å². The van der Waals surface area contributed by atoms with Crippen LogP contribution in [0.15, 0.2) is 46.6 Å². The predicted octanol–water partition coefficient (Wildman–Crippen LogP) is 2.90. The van der Waals surface area contributed by atoms with Crippen molar-refractivity contribution in [2.45, 2.75) is 13.8 Å². The van der Waals surface area contributed by atoms with Crippen molar-refractivity contribution >= 4 is 23.1 Å². The Balaban J connectivity index is 1.98. The van der Waals surface area contributed by atoms with E-state index >= 15 is 0 Å². The van der Waals surface area contributed by atoms with Gasteiger partial charge in [0, 0.05) is 24.9 Å². The zero-order valence-corrected chi connectivity index (χ0v) is 13.0. The quantitative estimate of drug-likeness (QED) is 0.915. The molecule has 0 fully saturated rings. The van der Waals surface area contributed by atoms with Gasteiger partial charge < -0.3 is 14.7 Å². The average Bonchev–Trinajstić information content (AvgIpc) is 3.00. The van der Waals surface area contributed by atoms with Crippen LogP contribution in [0.4, 0.5) is 11.6 Å². The molecule has 23 heavy (non-hydrogen) atoms. The molecule has 3 rings (SSSR count). The number of carbonyl (C=O) groups excluding carboxylic acids is 2. The Labute approximate surface area is 133 Å². The zero-order chi connectivity index (χ0) is 16.4. The Morgan fingerprint density at radius 1 is 1.13 bits per heavy atom. The number of ketones is 2. The minimum absolute atomic E-state index is 0.0792. The Morgan fingerprint density at radius 2 is 1.83 bits per heavy atom. The second-order valence-electron chi connectivity index (χ2n) is 5.13. The molecule has 1 aliphatic carbocycles. The number of hydrogen-bond donors (Lipinski definition) is 1. The van der Waals surface area contributed by atoms with Crippen LogP contribution >= 0.6 is 0 Å². The third kappa shape index (κ3) is 2.63. The summed E-state index contributed by atoms with van der Waals surface area (Å²) < 4.78 is 5.27. The Kier molecular flexibility index (Phi) is 3.97. The molecule has 0 saturated heterocycles. The SMILES string of the molecule is CCN(CC)c1onc2c1C(=O)C(Nc1ccccc1)=CC2=O. The van der Waals surface area contributed by atoms with E-state index in [1.807, 2.05) is 49.1 Å². The summed E-state index contributed by atoms with van der Waals surface area (Å²) in [5, 5.41) is 6.78. The first-order chi connectivity index (χ1) is 11.2. The molecular weight excluding hydrogens is 294 g/mol. The van der Waals surface area contributed by atoms with Crippen LogP contribution < -0.4 is 10.2 Å². The van der Waals surface area contributed by atoms with Gasteiger partial charge in [0.25, 0.3) is 0 Å². The maximum Gasteiger partial charge on any atom is 0.239 e. The molecular formula is C17H17N3O3. The molecule has 1 aromatic heterocycles. The lowest BCUT2D eigenvalue weighted by Crippen LogP contribution is -2.27. The molecule has 0 saturated carbocycles. The maximum atomic E-state index is 12.8. The highest BCUT2D eigenvalue weighted by molar-refractivity contribution is 6.26. The summed E-state index contributed by atoms with van der Waals surface area (Å²) in [6, 6.07) is 9.23. The lowest BCUT2D eigenvalue weighted by atomic mass is 9.98. The van der Waals surface area contributed by atoms with Crippen LogP contribution in [0, 0.1) is 0 Å². The normalized spacial score (nSPS) is 13.6. The molecule has 6 heteroatoms. The fourth-order valence-corrected chi connectivity index (χ4v) is 2.55. The second-order valence-corrected chi connectivity index (χ2v) is 5.13. The van der Waals surface area contributed by atoms with E-state index in [-0.39, 0.29) is 28.5 Å². The number of hydrogen-bond acceptors (Lipinski definition) is 6. The lowest BCUT2D eigenvalue weighted by Gasteiger charge is -2.19. The van der Waals surface area contributed by atoms with Crippen molar-refractivity contribution in [2.75, 3.05) is 23.3 Å². The van der Waals surface area contributed by atoms with Crippen LogP contribution in [0.25, 0.3) is 0 Å². The van der Waals surface area contributed by atoms with Gasteiger partial charge in [-0.1, -0.05) is 23.4 Å². The van der Waals surface area contributed by atoms with Crippen molar-refractivity contribution in [3.63, 3.8) is 0 Å². The fourth-order valence-electron chi connectivity index (χ4n) is 2.55. The summed E-state index contributed by atoms with van der Waals surface area (Å²) in [6.07, 6.45) is 1.27. The van der Waals surface area contributed by atoms with Crippen LogP contribution in [-0.4, -0.2) is 29.8 Å². The molecule has 118 valence electrons. The minimum atomic E-state index is -0.333. The molecule has 2 aromatic rings. The highest BCUT2D eigenvalue weighted by atomic mass is 16.5. The molecule has 0 unspecified atom stereocenters. The number of rotatable bonds is 5. The number of anilines is 2. The minimum Gasteiger partial charge on any atom is -0.352 e. The molecule has 0 atom stereocenters. The van der Waals surface area contributed by atoms with Gasteiger partial charge in [-0.05, 0) is 26.0 Å². The Morgan fingerprint density at radius 3 is 2.48 bits per heavy atom. The first-order valence-electron chi connectivity index (χ1n) is 7.53. The van der Waals surface area contributed by atoms with E-state index in [4.69, 9.17) is 4.52 Å². The molecule has 0 bridgehead atoms. The van der Waals surface area contributed by atoms with Gasteiger partial charge in [0.1, 0.15) is 5.56 Å². The van der Waals surface area contributed by atoms with Gasteiger partial charge in [-0.15, -0.1) is 0 Å². The third-order valence-corrected chi connectivity index (χ3v) is 3.76. The smallest absolute Gasteiger partial charge is 0.239 e. The van der Waals surface area contributed by atoms with E-state index in [0.717, 1.165) is 5.69 Å². The van der Waals surface area contributed by atoms with E-state index in [1.54, 1.807) is 0 Å². The lowest BCUT2D eigenvalue weighted by molar-refractivity contribution is 0.0983. The number of nitrogens with zero attached hydrogens (tertiary/aromatic N) is 2. The van der Waals surface area contributed by atoms with E-state index in [2.05, 4.69) is 10.5 Å². The molecule has 0 amide bonds. The van der Waals surface area contributed by atoms with Gasteiger partial charge in [0.2, 0.25) is 17.5 Å². The molecule has 1 aromatic carbocycles. The molecule has 6 nitrogen and oxygen atoms in total. The van der Waals surface area contributed by atoms with Gasteiger partial charge in [-0.3, -0.25) is 9.59 Å². The van der Waals surface area contributed by atoms with Crippen molar-refractivity contribution in [3.05, 3.63) is 53.4 Å². The van der Waals surface area contributed by atoms with E-state index in [9.17, 15) is 9.59 Å². The largest absolute Gasteiger partial charge is 0.352 e. The summed E-state index contributed by atoms with van der Waals surface area (Å²) >= 11 is 0. The first-order valence-corrected chi connectivity index (χ1v) is 7.53. The van der Waals surface area contributed by atoms with Gasteiger partial charge in [-0.2, -0.15) is 0 Å².